The Morgan fingerprint density at radius 2 is 1.94 bits per heavy atom. The third-order valence-corrected chi connectivity index (χ3v) is 6.74. The minimum absolute atomic E-state index is 0.0978. The van der Waals surface area contributed by atoms with E-state index in [1.54, 1.807) is 19.5 Å². The maximum atomic E-state index is 13.3. The van der Waals surface area contributed by atoms with Crippen molar-refractivity contribution < 1.29 is 9.53 Å². The number of nitroso groups, excluding NO2 is 1. The fourth-order valence-corrected chi connectivity index (χ4v) is 4.81. The molecule has 0 spiro atoms. The zero-order chi connectivity index (χ0) is 23.5. The molecule has 176 valence electrons. The molecule has 2 aromatic heterocycles. The summed E-state index contributed by atoms with van der Waals surface area (Å²) >= 11 is 0. The number of benzene rings is 1. The summed E-state index contributed by atoms with van der Waals surface area (Å²) in [5, 5.41) is 3.26. The molecule has 0 saturated carbocycles. The summed E-state index contributed by atoms with van der Waals surface area (Å²) in [6.45, 7) is 4.50. The number of rotatable bonds is 7. The first-order valence-electron chi connectivity index (χ1n) is 11.6. The smallest absolute Gasteiger partial charge is 0.289 e. The SMILES string of the molecule is COCCN1CCN(C(=O)c2nc(-c3ccc4c(c3)CCC4N=O)c(-c3ccncc3)[nH]2)CC1. The van der Waals surface area contributed by atoms with Crippen molar-refractivity contribution in [2.45, 2.75) is 18.9 Å². The Morgan fingerprint density at radius 1 is 1.15 bits per heavy atom. The van der Waals surface area contributed by atoms with Gasteiger partial charge in [0, 0.05) is 63.4 Å². The Bertz CT molecular complexity index is 1170. The Balaban J connectivity index is 1.44. The van der Waals surface area contributed by atoms with E-state index >= 15 is 0 Å². The lowest BCUT2D eigenvalue weighted by atomic mass is 10.0. The predicted octanol–water partition coefficient (Wildman–Crippen LogP) is 3.30. The molecule has 1 aromatic carbocycles. The van der Waals surface area contributed by atoms with Gasteiger partial charge < -0.3 is 14.6 Å². The number of fused-ring (bicyclic) bond motifs is 1. The zero-order valence-electron chi connectivity index (χ0n) is 19.2. The highest BCUT2D eigenvalue weighted by Gasteiger charge is 2.28. The average molecular weight is 461 g/mol. The molecule has 1 aliphatic heterocycles. The van der Waals surface area contributed by atoms with Crippen molar-refractivity contribution in [1.29, 1.82) is 0 Å². The van der Waals surface area contributed by atoms with Crippen molar-refractivity contribution in [2.24, 2.45) is 5.18 Å². The van der Waals surface area contributed by atoms with Crippen LogP contribution in [0.3, 0.4) is 0 Å². The van der Waals surface area contributed by atoms with Gasteiger partial charge in [-0.05, 0) is 42.2 Å². The molecule has 1 unspecified atom stereocenters. The topological polar surface area (TPSA) is 104 Å². The van der Waals surface area contributed by atoms with Gasteiger partial charge >= 0.3 is 0 Å². The number of hydrogen-bond acceptors (Lipinski definition) is 7. The van der Waals surface area contributed by atoms with Crippen LogP contribution in [0.5, 0.6) is 0 Å². The predicted molar refractivity (Wildman–Crippen MR) is 128 cm³/mol. The fourth-order valence-electron chi connectivity index (χ4n) is 4.81. The fraction of sp³-hybridized carbons (Fsp3) is 0.400. The Labute approximate surface area is 198 Å². The number of H-pyrrole nitrogens is 1. The van der Waals surface area contributed by atoms with Crippen LogP contribution in [0.4, 0.5) is 0 Å². The summed E-state index contributed by atoms with van der Waals surface area (Å²) < 4.78 is 5.17. The molecule has 1 aliphatic carbocycles. The van der Waals surface area contributed by atoms with Crippen molar-refractivity contribution in [3.63, 3.8) is 0 Å². The molecule has 9 heteroatoms. The maximum Gasteiger partial charge on any atom is 0.289 e. The Hall–Kier alpha value is -3.43. The van der Waals surface area contributed by atoms with Crippen LogP contribution in [0.15, 0.2) is 47.9 Å². The number of aryl methyl sites for hydroxylation is 1. The summed E-state index contributed by atoms with van der Waals surface area (Å²) in [4.78, 5) is 40.8. The lowest BCUT2D eigenvalue weighted by Gasteiger charge is -2.34. The molecule has 0 radical (unpaired) electrons. The van der Waals surface area contributed by atoms with Gasteiger partial charge in [0.25, 0.3) is 5.91 Å². The summed E-state index contributed by atoms with van der Waals surface area (Å²) in [6.07, 6.45) is 5.00. The van der Waals surface area contributed by atoms with Gasteiger partial charge in [0.05, 0.1) is 18.0 Å². The largest absolute Gasteiger partial charge is 0.383 e. The van der Waals surface area contributed by atoms with E-state index in [9.17, 15) is 9.70 Å². The second-order valence-corrected chi connectivity index (χ2v) is 8.75. The van der Waals surface area contributed by atoms with Crippen LogP contribution < -0.4 is 0 Å². The highest BCUT2D eigenvalue weighted by molar-refractivity contribution is 5.93. The molecule has 1 amide bonds. The maximum absolute atomic E-state index is 13.3. The first-order valence-corrected chi connectivity index (χ1v) is 11.6. The van der Waals surface area contributed by atoms with Gasteiger partial charge in [-0.25, -0.2) is 4.98 Å². The minimum Gasteiger partial charge on any atom is -0.383 e. The molecule has 34 heavy (non-hydrogen) atoms. The molecule has 5 rings (SSSR count). The van der Waals surface area contributed by atoms with Crippen molar-refractivity contribution in [3.05, 3.63) is 64.6 Å². The number of nitrogens with zero attached hydrogens (tertiary/aromatic N) is 5. The highest BCUT2D eigenvalue weighted by atomic mass is 16.5. The molecule has 3 aromatic rings. The lowest BCUT2D eigenvalue weighted by molar-refractivity contribution is 0.0584. The van der Waals surface area contributed by atoms with Gasteiger partial charge in [0.2, 0.25) is 0 Å². The van der Waals surface area contributed by atoms with E-state index < -0.39 is 0 Å². The van der Waals surface area contributed by atoms with E-state index in [1.165, 1.54) is 0 Å². The van der Waals surface area contributed by atoms with Crippen LogP contribution in [0.25, 0.3) is 22.5 Å². The van der Waals surface area contributed by atoms with Gasteiger partial charge in [-0.3, -0.25) is 14.7 Å². The monoisotopic (exact) mass is 460 g/mol. The number of pyridine rings is 1. The van der Waals surface area contributed by atoms with Crippen molar-refractivity contribution in [3.8, 4) is 22.5 Å². The van der Waals surface area contributed by atoms with Crippen LogP contribution in [-0.4, -0.2) is 77.1 Å². The van der Waals surface area contributed by atoms with Crippen LogP contribution in [0.2, 0.25) is 0 Å². The first kappa shape index (κ1) is 22.4. The third kappa shape index (κ3) is 4.36. The van der Waals surface area contributed by atoms with E-state index in [4.69, 9.17) is 9.72 Å². The van der Waals surface area contributed by atoms with E-state index in [1.807, 2.05) is 29.2 Å². The average Bonchev–Trinajstić information content (AvgIpc) is 3.52. The van der Waals surface area contributed by atoms with Gasteiger partial charge in [-0.2, -0.15) is 4.91 Å². The number of methoxy groups -OCH3 is 1. The molecule has 1 saturated heterocycles. The zero-order valence-corrected chi connectivity index (χ0v) is 19.2. The van der Waals surface area contributed by atoms with Gasteiger partial charge in [-0.15, -0.1) is 0 Å². The normalized spacial score (nSPS) is 18.1. The van der Waals surface area contributed by atoms with Crippen LogP contribution in [0.1, 0.15) is 34.2 Å². The summed E-state index contributed by atoms with van der Waals surface area (Å²) in [7, 11) is 1.70. The molecule has 0 bridgehead atoms. The van der Waals surface area contributed by atoms with Crippen LogP contribution in [0, 0.1) is 4.91 Å². The van der Waals surface area contributed by atoms with E-state index in [0.29, 0.717) is 25.5 Å². The van der Waals surface area contributed by atoms with Crippen LogP contribution in [-0.2, 0) is 11.2 Å². The number of hydrogen-bond donors (Lipinski definition) is 1. The number of imidazole rings is 1. The molecule has 2 aliphatic rings. The minimum atomic E-state index is -0.275. The number of carbonyl (C=O) groups is 1. The van der Waals surface area contributed by atoms with Crippen LogP contribution >= 0.6 is 0 Å². The first-order chi connectivity index (χ1) is 16.7. The van der Waals surface area contributed by atoms with E-state index in [2.05, 4.69) is 26.1 Å². The lowest BCUT2D eigenvalue weighted by Crippen LogP contribution is -2.49. The molecule has 9 nitrogen and oxygen atoms in total. The molecule has 1 fully saturated rings. The Morgan fingerprint density at radius 3 is 2.68 bits per heavy atom. The van der Waals surface area contributed by atoms with Crippen molar-refractivity contribution in [2.75, 3.05) is 46.4 Å². The van der Waals surface area contributed by atoms with Gasteiger partial charge in [-0.1, -0.05) is 17.3 Å². The summed E-state index contributed by atoms with van der Waals surface area (Å²) in [5.41, 5.74) is 5.44. The second-order valence-electron chi connectivity index (χ2n) is 8.75. The molecular formula is C25H28N6O3. The summed E-state index contributed by atoms with van der Waals surface area (Å²) in [6, 6.07) is 9.53. The second kappa shape index (κ2) is 9.82. The number of aromatic amines is 1. The number of piperazine rings is 1. The highest BCUT2D eigenvalue weighted by Crippen LogP contribution is 2.38. The summed E-state index contributed by atoms with van der Waals surface area (Å²) in [5.74, 6) is 0.236. The number of nitrogens with one attached hydrogen (secondary N) is 1. The number of amides is 1. The number of ether oxygens (including phenoxy) is 1. The van der Waals surface area contributed by atoms with E-state index in [-0.39, 0.29) is 11.9 Å². The molecule has 1 atom stereocenters. The molecule has 1 N–H and O–H groups in total. The molecule has 3 heterocycles. The van der Waals surface area contributed by atoms with E-state index in [0.717, 1.165) is 66.1 Å². The van der Waals surface area contributed by atoms with Crippen molar-refractivity contribution >= 4 is 5.91 Å². The van der Waals surface area contributed by atoms with Crippen molar-refractivity contribution in [1.82, 2.24) is 24.8 Å². The third-order valence-electron chi connectivity index (χ3n) is 6.74. The molecular weight excluding hydrogens is 432 g/mol. The number of aromatic nitrogens is 3. The Kier molecular flexibility index (Phi) is 6.46. The standard InChI is InChI=1S/C25H28N6O3/c1-34-15-14-30-10-12-31(13-11-30)25(32)24-27-22(17-6-8-26-9-7-17)23(28-24)19-2-4-20-18(16-19)3-5-21(20)29-33/h2,4,6-9,16,21H,3,5,10-15H2,1H3,(H,27,28). The quantitative estimate of drug-likeness (QED) is 0.543. The van der Waals surface area contributed by atoms with Gasteiger partial charge in [0.1, 0.15) is 6.04 Å². The number of carbonyl (C=O) groups excluding carboxylic acids is 1. The van der Waals surface area contributed by atoms with Gasteiger partial charge in [0.15, 0.2) is 5.82 Å².